The van der Waals surface area contributed by atoms with Crippen molar-refractivity contribution in [3.63, 3.8) is 0 Å². The van der Waals surface area contributed by atoms with Gasteiger partial charge in [-0.25, -0.2) is 0 Å². The number of rotatable bonds is 3. The first-order valence-corrected chi connectivity index (χ1v) is 4.87. The lowest BCUT2D eigenvalue weighted by atomic mass is 10.2. The molecule has 0 spiro atoms. The molecular weight excluding hydrogens is 206 g/mol. The van der Waals surface area contributed by atoms with Gasteiger partial charge in [-0.15, -0.1) is 0 Å². The molecule has 0 radical (unpaired) electrons. The van der Waals surface area contributed by atoms with Crippen molar-refractivity contribution in [1.82, 2.24) is 5.32 Å². The van der Waals surface area contributed by atoms with Gasteiger partial charge in [-0.2, -0.15) is 0 Å². The molecule has 2 N–H and O–H groups in total. The van der Waals surface area contributed by atoms with Crippen molar-refractivity contribution in [3.05, 3.63) is 23.1 Å². The van der Waals surface area contributed by atoms with E-state index >= 15 is 0 Å². The third-order valence-corrected chi connectivity index (χ3v) is 2.42. The number of nitrogens with one attached hydrogen (secondary N) is 1. The zero-order chi connectivity index (χ0) is 9.97. The molecule has 1 aromatic heterocycles. The largest absolute Gasteiger partial charge is 0.448 e. The van der Waals surface area contributed by atoms with Gasteiger partial charge in [-0.05, 0) is 23.7 Å². The molecule has 78 valence electrons. The van der Waals surface area contributed by atoms with Crippen LogP contribution < -0.4 is 5.32 Å². The molecule has 1 aliphatic rings. The fraction of sp³-hybridized carbons (Fsp3) is 0.556. The Bertz CT molecular complexity index is 302. The summed E-state index contributed by atoms with van der Waals surface area (Å²) in [5, 5.41) is 12.9. The summed E-state index contributed by atoms with van der Waals surface area (Å²) in [4.78, 5) is 0. The van der Waals surface area contributed by atoms with Crippen LogP contribution in [0.15, 0.2) is 16.5 Å². The Morgan fingerprint density at radius 1 is 1.50 bits per heavy atom. The minimum Gasteiger partial charge on any atom is -0.448 e. The molecule has 1 aliphatic heterocycles. The van der Waals surface area contributed by atoms with Crippen molar-refractivity contribution < 1.29 is 14.3 Å². The van der Waals surface area contributed by atoms with E-state index in [1.165, 1.54) is 0 Å². The lowest BCUT2D eigenvalue weighted by molar-refractivity contribution is 0.122. The van der Waals surface area contributed by atoms with E-state index in [9.17, 15) is 5.11 Å². The van der Waals surface area contributed by atoms with Crippen LogP contribution in [0, 0.1) is 0 Å². The van der Waals surface area contributed by atoms with Gasteiger partial charge >= 0.3 is 0 Å². The maximum atomic E-state index is 9.43. The quantitative estimate of drug-likeness (QED) is 0.786. The Morgan fingerprint density at radius 3 is 2.93 bits per heavy atom. The summed E-state index contributed by atoms with van der Waals surface area (Å²) in [6.45, 7) is 1.49. The van der Waals surface area contributed by atoms with Crippen molar-refractivity contribution in [2.45, 2.75) is 18.7 Å². The molecule has 0 saturated carbocycles. The summed E-state index contributed by atoms with van der Waals surface area (Å²) in [6.07, 6.45) is -0.430. The van der Waals surface area contributed by atoms with E-state index in [1.54, 1.807) is 12.1 Å². The zero-order valence-electron chi connectivity index (χ0n) is 7.57. The number of aliphatic hydroxyl groups is 1. The van der Waals surface area contributed by atoms with Crippen LogP contribution in [0.2, 0.25) is 5.22 Å². The van der Waals surface area contributed by atoms with Gasteiger partial charge < -0.3 is 19.6 Å². The average Bonchev–Trinajstić information content (AvgIpc) is 2.72. The van der Waals surface area contributed by atoms with Gasteiger partial charge in [0.15, 0.2) is 5.22 Å². The Balaban J connectivity index is 1.82. The van der Waals surface area contributed by atoms with E-state index in [4.69, 9.17) is 20.8 Å². The van der Waals surface area contributed by atoms with Crippen LogP contribution in [-0.4, -0.2) is 30.5 Å². The summed E-state index contributed by atoms with van der Waals surface area (Å²) in [6, 6.07) is 3.48. The zero-order valence-corrected chi connectivity index (χ0v) is 8.33. The summed E-state index contributed by atoms with van der Waals surface area (Å²) in [5.41, 5.74) is 0. The van der Waals surface area contributed by atoms with Crippen LogP contribution in [0.1, 0.15) is 5.76 Å². The highest BCUT2D eigenvalue weighted by molar-refractivity contribution is 6.28. The van der Waals surface area contributed by atoms with Crippen molar-refractivity contribution in [1.29, 1.82) is 0 Å². The monoisotopic (exact) mass is 217 g/mol. The number of halogens is 1. The van der Waals surface area contributed by atoms with Gasteiger partial charge in [0, 0.05) is 0 Å². The highest BCUT2D eigenvalue weighted by atomic mass is 35.5. The number of furan rings is 1. The Kier molecular flexibility index (Phi) is 3.08. The molecule has 2 heterocycles. The molecule has 0 aliphatic carbocycles. The minimum atomic E-state index is -0.430. The van der Waals surface area contributed by atoms with Crippen LogP contribution in [-0.2, 0) is 11.3 Å². The first kappa shape index (κ1) is 9.98. The SMILES string of the molecule is OC1COCC1NCc1ccc(Cl)o1. The maximum Gasteiger partial charge on any atom is 0.193 e. The Morgan fingerprint density at radius 2 is 2.36 bits per heavy atom. The predicted octanol–water partition coefficient (Wildman–Crippen LogP) is 0.782. The van der Waals surface area contributed by atoms with Gasteiger partial charge in [0.25, 0.3) is 0 Å². The van der Waals surface area contributed by atoms with E-state index in [0.717, 1.165) is 5.76 Å². The molecular formula is C9H12ClNO3. The minimum absolute atomic E-state index is 0.0149. The standard InChI is InChI=1S/C9H12ClNO3/c10-9-2-1-6(14-9)3-11-7-4-13-5-8(7)12/h1-2,7-8,11-12H,3-5H2. The first-order chi connectivity index (χ1) is 6.75. The fourth-order valence-corrected chi connectivity index (χ4v) is 1.58. The van der Waals surface area contributed by atoms with E-state index in [2.05, 4.69) is 5.32 Å². The topological polar surface area (TPSA) is 54.6 Å². The van der Waals surface area contributed by atoms with Crippen molar-refractivity contribution in [3.8, 4) is 0 Å². The fourth-order valence-electron chi connectivity index (χ4n) is 1.42. The Hall–Kier alpha value is -0.550. The second-order valence-corrected chi connectivity index (χ2v) is 3.67. The molecule has 0 bridgehead atoms. The lowest BCUT2D eigenvalue weighted by Gasteiger charge is -2.12. The maximum absolute atomic E-state index is 9.43. The molecule has 0 aromatic carbocycles. The van der Waals surface area contributed by atoms with Gasteiger partial charge in [-0.3, -0.25) is 0 Å². The van der Waals surface area contributed by atoms with Crippen molar-refractivity contribution in [2.24, 2.45) is 0 Å². The smallest absolute Gasteiger partial charge is 0.193 e. The summed E-state index contributed by atoms with van der Waals surface area (Å²) in [7, 11) is 0. The molecule has 1 fully saturated rings. The van der Waals surface area contributed by atoms with E-state index in [-0.39, 0.29) is 6.04 Å². The number of ether oxygens (including phenoxy) is 1. The van der Waals surface area contributed by atoms with Gasteiger partial charge in [-0.1, -0.05) is 0 Å². The molecule has 2 unspecified atom stereocenters. The van der Waals surface area contributed by atoms with E-state index < -0.39 is 6.10 Å². The third-order valence-electron chi connectivity index (χ3n) is 2.22. The second kappa shape index (κ2) is 4.31. The Labute approximate surface area is 86.8 Å². The van der Waals surface area contributed by atoms with E-state index in [1.807, 2.05) is 0 Å². The van der Waals surface area contributed by atoms with Crippen LogP contribution in [0.25, 0.3) is 0 Å². The molecule has 2 rings (SSSR count). The summed E-state index contributed by atoms with van der Waals surface area (Å²) >= 11 is 5.62. The highest BCUT2D eigenvalue weighted by Crippen LogP contribution is 2.13. The number of hydrogen-bond acceptors (Lipinski definition) is 4. The molecule has 4 nitrogen and oxygen atoms in total. The van der Waals surface area contributed by atoms with Crippen LogP contribution in [0.4, 0.5) is 0 Å². The molecule has 5 heteroatoms. The summed E-state index contributed by atoms with van der Waals surface area (Å²) < 4.78 is 10.3. The van der Waals surface area contributed by atoms with Crippen LogP contribution in [0.5, 0.6) is 0 Å². The first-order valence-electron chi connectivity index (χ1n) is 4.49. The van der Waals surface area contributed by atoms with Crippen molar-refractivity contribution in [2.75, 3.05) is 13.2 Å². The molecule has 1 saturated heterocycles. The van der Waals surface area contributed by atoms with Crippen LogP contribution in [0.3, 0.4) is 0 Å². The normalized spacial score (nSPS) is 27.0. The number of aliphatic hydroxyl groups excluding tert-OH is 1. The molecule has 2 atom stereocenters. The van der Waals surface area contributed by atoms with Gasteiger partial charge in [0.05, 0.1) is 31.9 Å². The van der Waals surface area contributed by atoms with Crippen molar-refractivity contribution >= 4 is 11.6 Å². The predicted molar refractivity (Wildman–Crippen MR) is 51.2 cm³/mol. The third kappa shape index (κ3) is 2.27. The van der Waals surface area contributed by atoms with Crippen LogP contribution >= 0.6 is 11.6 Å². The summed E-state index contributed by atoms with van der Waals surface area (Å²) in [5.74, 6) is 0.758. The average molecular weight is 218 g/mol. The molecule has 0 amide bonds. The van der Waals surface area contributed by atoms with E-state index in [0.29, 0.717) is 25.0 Å². The lowest BCUT2D eigenvalue weighted by Crippen LogP contribution is -2.38. The van der Waals surface area contributed by atoms with Gasteiger partial charge in [0.2, 0.25) is 0 Å². The number of hydrogen-bond donors (Lipinski definition) is 2. The second-order valence-electron chi connectivity index (χ2n) is 3.30. The van der Waals surface area contributed by atoms with Gasteiger partial charge in [0.1, 0.15) is 5.76 Å². The molecule has 14 heavy (non-hydrogen) atoms. The molecule has 1 aromatic rings. The highest BCUT2D eigenvalue weighted by Gasteiger charge is 2.25.